The number of fused-ring (bicyclic) bond motifs is 2. The summed E-state index contributed by atoms with van der Waals surface area (Å²) in [5.41, 5.74) is 9.16. The number of aromatic nitrogens is 8. The van der Waals surface area contributed by atoms with Crippen molar-refractivity contribution in [3.63, 3.8) is 0 Å². The maximum absolute atomic E-state index is 12.8. The van der Waals surface area contributed by atoms with Gasteiger partial charge in [-0.1, -0.05) is 4.98 Å². The van der Waals surface area contributed by atoms with Crippen molar-refractivity contribution in [1.29, 1.82) is 0 Å². The average Bonchev–Trinajstić information content (AvgIpc) is 3.80. The number of ether oxygens (including phenoxy) is 2. The van der Waals surface area contributed by atoms with Gasteiger partial charge in [-0.05, 0) is 13.8 Å². The van der Waals surface area contributed by atoms with Crippen LogP contribution in [0.15, 0.2) is 22.2 Å². The molecule has 0 saturated carbocycles. The van der Waals surface area contributed by atoms with Crippen molar-refractivity contribution in [3.05, 3.63) is 33.4 Å². The molecule has 0 spiro atoms. The minimum atomic E-state index is -6.12. The minimum Gasteiger partial charge on any atom is -0.387 e. The van der Waals surface area contributed by atoms with E-state index < -0.39 is 111 Å². The highest BCUT2D eigenvalue weighted by Gasteiger charge is 2.52. The fourth-order valence-corrected chi connectivity index (χ4v) is 10.7. The molecule has 6 rings (SSSR count). The van der Waals surface area contributed by atoms with Gasteiger partial charge in [-0.15, -0.1) is 0 Å². The number of phosphoric ester groups is 3. The predicted octanol–water partition coefficient (Wildman–Crippen LogP) is -3.00. The lowest BCUT2D eigenvalue weighted by Crippen LogP contribution is -2.46. The van der Waals surface area contributed by atoms with Crippen LogP contribution in [0.5, 0.6) is 0 Å². The first-order valence-electron chi connectivity index (χ1n) is 16.5. The van der Waals surface area contributed by atoms with Gasteiger partial charge in [0.1, 0.15) is 36.6 Å². The van der Waals surface area contributed by atoms with Gasteiger partial charge in [-0.3, -0.25) is 46.8 Å². The Bertz CT molecular complexity index is 2550. The number of aromatic amines is 2. The summed E-state index contributed by atoms with van der Waals surface area (Å²) in [6, 6.07) is 0. The van der Waals surface area contributed by atoms with Crippen LogP contribution in [0.4, 0.5) is 11.9 Å². The van der Waals surface area contributed by atoms with Crippen LogP contribution < -0.4 is 27.2 Å². The first-order chi connectivity index (χ1) is 27.3. The van der Waals surface area contributed by atoms with Crippen LogP contribution in [-0.2, 0) is 61.5 Å². The third kappa shape index (κ3) is 9.90. The number of H-pyrrole nitrogens is 2. The van der Waals surface area contributed by atoms with Gasteiger partial charge in [0.25, 0.3) is 17.1 Å². The zero-order chi connectivity index (χ0) is 43.6. The summed E-state index contributed by atoms with van der Waals surface area (Å²) in [6.07, 6.45) is -12.9. The highest BCUT2D eigenvalue weighted by Crippen LogP contribution is 2.68. The van der Waals surface area contributed by atoms with Crippen molar-refractivity contribution in [2.45, 2.75) is 69.0 Å². The Morgan fingerprint density at radius 3 is 2.07 bits per heavy atom. The van der Waals surface area contributed by atoms with Crippen molar-refractivity contribution < 1.29 is 93.9 Å². The molecule has 6 heterocycles. The molecule has 0 aromatic carbocycles. The quantitative estimate of drug-likeness (QED) is 0.0394. The molecule has 31 nitrogen and oxygen atoms in total. The number of phosphoric acid groups is 4. The number of aliphatic hydroxyl groups is 3. The summed E-state index contributed by atoms with van der Waals surface area (Å²) in [5, 5.41) is 32.4. The molecule has 2 aliphatic rings. The Kier molecular flexibility index (Phi) is 12.6. The van der Waals surface area contributed by atoms with Gasteiger partial charge in [-0.25, -0.2) is 27.8 Å². The van der Waals surface area contributed by atoms with Gasteiger partial charge < -0.3 is 55.8 Å². The molecule has 0 radical (unpaired) electrons. The number of nitrogens with two attached hydrogens (primary N) is 2. The van der Waals surface area contributed by atoms with Crippen molar-refractivity contribution in [2.24, 2.45) is 7.05 Å². The van der Waals surface area contributed by atoms with E-state index in [0.717, 1.165) is 15.5 Å². The molecular weight excluding hydrogens is 888 g/mol. The molecule has 7 unspecified atom stereocenters. The van der Waals surface area contributed by atoms with E-state index in [4.69, 9.17) is 34.5 Å². The van der Waals surface area contributed by atoms with Crippen LogP contribution in [-0.4, -0.2) is 125 Å². The van der Waals surface area contributed by atoms with Crippen LogP contribution in [0.3, 0.4) is 0 Å². The zero-order valence-electron chi connectivity index (χ0n) is 30.2. The molecule has 2 aliphatic heterocycles. The van der Waals surface area contributed by atoms with Crippen molar-refractivity contribution in [2.75, 3.05) is 24.7 Å². The molecule has 0 amide bonds. The highest BCUT2D eigenvalue weighted by molar-refractivity contribution is 7.66. The maximum atomic E-state index is 12.8. The number of hydrogen-bond acceptors (Lipinski definition) is 22. The topological polar surface area (TPSA) is 454 Å². The van der Waals surface area contributed by atoms with Crippen LogP contribution in [0, 0.1) is 0 Å². The minimum absolute atomic E-state index is 0.00944. The van der Waals surface area contributed by atoms with E-state index in [9.17, 15) is 62.7 Å². The summed E-state index contributed by atoms with van der Waals surface area (Å²) in [7, 11) is -21.3. The van der Waals surface area contributed by atoms with Crippen LogP contribution in [0.1, 0.15) is 26.3 Å². The molecule has 13 N–H and O–H groups in total. The standard InChI is InChI=1S/C24H36N10O21P4/c1-8(2)52-58(44,45)53-16-10(51-22(15(16)37)33-6-27-11-17(33)28-23(25)30-19(11)38)5-49-57(42,43)55-59(46,47)54-56(40,41)48-4-9-13(35)14(36)21(50-9)34-7-32(3)12-18(34)29-24(26)31-20(12)39/h6-10,13-16,21-22,35-37H,4-5H2,1-3H3,(H9-,25,26,28,29,30,31,38,39,40,41,42,43,44,45,46,47)/p+1/t9-,10-,13?,14?,15+,16?,21-,22-/m1/s1. The third-order valence-electron chi connectivity index (χ3n) is 8.25. The summed E-state index contributed by atoms with van der Waals surface area (Å²) >= 11 is 0. The molecule has 59 heavy (non-hydrogen) atoms. The fourth-order valence-electron chi connectivity index (χ4n) is 6.00. The average molecular weight is 926 g/mol. The number of rotatable bonds is 16. The fraction of sp³-hybridized carbons (Fsp3) is 0.583. The van der Waals surface area contributed by atoms with E-state index in [1.165, 1.54) is 31.8 Å². The molecule has 12 atom stereocenters. The molecule has 4 aromatic heterocycles. The molecular formula is C24H37N10O21P4+. The number of aliphatic hydroxyl groups excluding tert-OH is 3. The molecule has 0 bridgehead atoms. The SMILES string of the molecule is CC(C)OP(=O)(O)OC1[C@@H](COP(=O)(O)OP(=O)(O)OP(=O)(O)OC[C@H]2O[C@@H]([n+]3cn(C)c4c(=O)[nH]c(N)nc43)C(O)C2O)O[C@@H](n2cnc3c(=O)[nH]c(N)nc32)[C@H]1O. The second-order valence-electron chi connectivity index (χ2n) is 13.0. The number of aryl methyl sites for hydroxylation is 1. The van der Waals surface area contributed by atoms with E-state index in [2.05, 4.69) is 38.1 Å². The first-order valence-corrected chi connectivity index (χ1v) is 22.5. The van der Waals surface area contributed by atoms with Gasteiger partial charge in [0, 0.05) is 0 Å². The summed E-state index contributed by atoms with van der Waals surface area (Å²) in [4.78, 5) is 81.7. The zero-order valence-corrected chi connectivity index (χ0v) is 33.8. The first kappa shape index (κ1) is 45.2. The largest absolute Gasteiger partial charge is 0.490 e. The van der Waals surface area contributed by atoms with Gasteiger partial charge in [0.05, 0.1) is 32.7 Å². The van der Waals surface area contributed by atoms with Crippen LogP contribution in [0.25, 0.3) is 22.3 Å². The van der Waals surface area contributed by atoms with E-state index in [1.807, 2.05) is 0 Å². The number of anilines is 2. The van der Waals surface area contributed by atoms with E-state index >= 15 is 0 Å². The highest BCUT2D eigenvalue weighted by atomic mass is 31.3. The van der Waals surface area contributed by atoms with Crippen LogP contribution in [0.2, 0.25) is 0 Å². The Balaban J connectivity index is 1.11. The number of nitrogens with zero attached hydrogens (tertiary/aromatic N) is 6. The molecule has 0 aliphatic carbocycles. The number of imidazole rings is 2. The second kappa shape index (κ2) is 16.5. The lowest BCUT2D eigenvalue weighted by molar-refractivity contribution is -0.745. The molecule has 2 fully saturated rings. The summed E-state index contributed by atoms with van der Waals surface area (Å²) in [6.45, 7) is 0.353. The van der Waals surface area contributed by atoms with Gasteiger partial charge >= 0.3 is 36.9 Å². The van der Waals surface area contributed by atoms with Gasteiger partial charge in [0.15, 0.2) is 23.7 Å². The Morgan fingerprint density at radius 1 is 0.847 bits per heavy atom. The van der Waals surface area contributed by atoms with E-state index in [-0.39, 0.29) is 34.2 Å². The molecule has 328 valence electrons. The Labute approximate surface area is 327 Å². The summed E-state index contributed by atoms with van der Waals surface area (Å²) < 4.78 is 92.8. The van der Waals surface area contributed by atoms with Crippen molar-refractivity contribution in [1.82, 2.24) is 34.1 Å². The summed E-state index contributed by atoms with van der Waals surface area (Å²) in [5.74, 6) is -0.674. The third-order valence-corrected chi connectivity index (χ3v) is 13.7. The lowest BCUT2D eigenvalue weighted by Gasteiger charge is -2.24. The molecule has 35 heteroatoms. The second-order valence-corrected chi connectivity index (χ2v) is 19.0. The predicted molar refractivity (Wildman–Crippen MR) is 189 cm³/mol. The smallest absolute Gasteiger partial charge is 0.387 e. The normalized spacial score (nSPS) is 29.1. The monoisotopic (exact) mass is 925 g/mol. The van der Waals surface area contributed by atoms with Gasteiger partial charge in [-0.2, -0.15) is 13.6 Å². The Hall–Kier alpha value is -3.38. The van der Waals surface area contributed by atoms with E-state index in [0.29, 0.717) is 0 Å². The molecule has 4 aromatic rings. The Morgan fingerprint density at radius 2 is 1.44 bits per heavy atom. The lowest BCUT2D eigenvalue weighted by atomic mass is 10.1. The maximum Gasteiger partial charge on any atom is 0.490 e. The van der Waals surface area contributed by atoms with Crippen molar-refractivity contribution >= 4 is 65.5 Å². The number of hydrogen-bond donors (Lipinski definition) is 11. The molecule has 2 saturated heterocycles. The van der Waals surface area contributed by atoms with Crippen molar-refractivity contribution in [3.8, 4) is 0 Å². The number of nitrogens with one attached hydrogen (secondary N) is 2. The van der Waals surface area contributed by atoms with Gasteiger partial charge in [0.2, 0.25) is 17.7 Å². The van der Waals surface area contributed by atoms with E-state index in [1.54, 1.807) is 0 Å². The number of nitrogen functional groups attached to an aromatic ring is 2. The van der Waals surface area contributed by atoms with Crippen LogP contribution >= 0.6 is 31.3 Å².